The summed E-state index contributed by atoms with van der Waals surface area (Å²) in [4.78, 5) is 0. The lowest BCUT2D eigenvalue weighted by Gasteiger charge is -2.35. The third kappa shape index (κ3) is 3.00. The summed E-state index contributed by atoms with van der Waals surface area (Å²) in [5.74, 6) is 0. The van der Waals surface area contributed by atoms with Crippen LogP contribution in [0.15, 0.2) is 24.8 Å². The summed E-state index contributed by atoms with van der Waals surface area (Å²) in [6.45, 7) is 10.6. The molecule has 0 saturated heterocycles. The van der Waals surface area contributed by atoms with Crippen molar-refractivity contribution in [3.8, 4) is 0 Å². The Labute approximate surface area is 81.9 Å². The van der Waals surface area contributed by atoms with E-state index >= 15 is 0 Å². The number of hydrogen-bond donors (Lipinski definition) is 1. The average Bonchev–Trinajstić information content (AvgIpc) is 2.04. The van der Waals surface area contributed by atoms with Crippen LogP contribution in [0.25, 0.3) is 0 Å². The van der Waals surface area contributed by atoms with Crippen LogP contribution in [0.2, 0.25) is 0 Å². The summed E-state index contributed by atoms with van der Waals surface area (Å²) in [5.41, 5.74) is 0.316. The van der Waals surface area contributed by atoms with Crippen LogP contribution in [0.5, 0.6) is 0 Å². The van der Waals surface area contributed by atoms with Crippen LogP contribution in [0.4, 0.5) is 0 Å². The zero-order valence-electron chi connectivity index (χ0n) is 9.01. The van der Waals surface area contributed by atoms with E-state index in [2.05, 4.69) is 44.8 Å². The van der Waals surface area contributed by atoms with Crippen molar-refractivity contribution in [3.05, 3.63) is 24.8 Å². The normalized spacial score (nSPS) is 28.8. The standard InChI is InChI=1S/C12H21N/c1-5-7-10-8-6-9-11(13-10)12(2,3)4/h5-6,9-11,13H,1,7-8H2,2-4H3/t10-,11+/m0/s1. The lowest BCUT2D eigenvalue weighted by Crippen LogP contribution is -2.46. The van der Waals surface area contributed by atoms with Crippen molar-refractivity contribution < 1.29 is 0 Å². The highest BCUT2D eigenvalue weighted by molar-refractivity contribution is 5.06. The summed E-state index contributed by atoms with van der Waals surface area (Å²) in [7, 11) is 0. The maximum atomic E-state index is 3.78. The molecular formula is C12H21N. The van der Waals surface area contributed by atoms with Gasteiger partial charge in [0.15, 0.2) is 0 Å². The van der Waals surface area contributed by atoms with E-state index in [1.807, 2.05) is 6.08 Å². The molecule has 0 aromatic heterocycles. The van der Waals surface area contributed by atoms with Crippen LogP contribution in [0.1, 0.15) is 33.6 Å². The van der Waals surface area contributed by atoms with Crippen LogP contribution in [0, 0.1) is 5.41 Å². The molecule has 2 atom stereocenters. The van der Waals surface area contributed by atoms with Crippen LogP contribution >= 0.6 is 0 Å². The predicted octanol–water partition coefficient (Wildman–Crippen LogP) is 2.90. The molecule has 13 heavy (non-hydrogen) atoms. The maximum absolute atomic E-state index is 3.78. The Morgan fingerprint density at radius 3 is 2.77 bits per heavy atom. The van der Waals surface area contributed by atoms with Gasteiger partial charge in [-0.3, -0.25) is 0 Å². The minimum atomic E-state index is 0.316. The summed E-state index contributed by atoms with van der Waals surface area (Å²) < 4.78 is 0. The third-order valence-corrected chi connectivity index (χ3v) is 2.55. The van der Waals surface area contributed by atoms with Crippen molar-refractivity contribution in [2.45, 2.75) is 45.7 Å². The highest BCUT2D eigenvalue weighted by atomic mass is 15.0. The molecule has 1 nitrogen and oxygen atoms in total. The molecule has 0 bridgehead atoms. The SMILES string of the molecule is C=CC[C@H]1CC=C[C@H](C(C)(C)C)N1. The summed E-state index contributed by atoms with van der Waals surface area (Å²) in [5, 5.41) is 3.64. The van der Waals surface area contributed by atoms with Gasteiger partial charge in [-0.25, -0.2) is 0 Å². The van der Waals surface area contributed by atoms with E-state index < -0.39 is 0 Å². The molecule has 0 unspecified atom stereocenters. The van der Waals surface area contributed by atoms with Gasteiger partial charge < -0.3 is 5.32 Å². The first-order valence-electron chi connectivity index (χ1n) is 5.07. The highest BCUT2D eigenvalue weighted by Crippen LogP contribution is 2.24. The van der Waals surface area contributed by atoms with Crippen molar-refractivity contribution in [2.75, 3.05) is 0 Å². The fourth-order valence-electron chi connectivity index (χ4n) is 1.66. The van der Waals surface area contributed by atoms with Gasteiger partial charge in [-0.1, -0.05) is 39.0 Å². The molecule has 1 N–H and O–H groups in total. The molecule has 0 spiro atoms. The molecule has 0 aliphatic carbocycles. The molecule has 0 aromatic rings. The number of rotatable bonds is 2. The smallest absolute Gasteiger partial charge is 0.0301 e. The van der Waals surface area contributed by atoms with Crippen molar-refractivity contribution in [1.82, 2.24) is 5.32 Å². The van der Waals surface area contributed by atoms with Gasteiger partial charge in [-0.05, 0) is 18.3 Å². The van der Waals surface area contributed by atoms with E-state index in [-0.39, 0.29) is 0 Å². The molecule has 0 saturated carbocycles. The van der Waals surface area contributed by atoms with Crippen molar-refractivity contribution in [2.24, 2.45) is 5.41 Å². The minimum Gasteiger partial charge on any atom is -0.307 e. The Morgan fingerprint density at radius 1 is 1.54 bits per heavy atom. The van der Waals surface area contributed by atoms with E-state index in [1.165, 1.54) is 0 Å². The first-order chi connectivity index (χ1) is 6.04. The summed E-state index contributed by atoms with van der Waals surface area (Å²) in [6, 6.07) is 1.10. The predicted molar refractivity (Wildman–Crippen MR) is 58.7 cm³/mol. The molecule has 1 aliphatic heterocycles. The molecule has 0 aromatic carbocycles. The minimum absolute atomic E-state index is 0.316. The second-order valence-electron chi connectivity index (χ2n) is 4.90. The second-order valence-corrected chi connectivity index (χ2v) is 4.90. The van der Waals surface area contributed by atoms with Crippen LogP contribution < -0.4 is 5.32 Å². The molecule has 0 fully saturated rings. The second kappa shape index (κ2) is 4.10. The van der Waals surface area contributed by atoms with Crippen LogP contribution in [0.3, 0.4) is 0 Å². The Morgan fingerprint density at radius 2 is 2.23 bits per heavy atom. The van der Waals surface area contributed by atoms with E-state index in [0.717, 1.165) is 12.8 Å². The monoisotopic (exact) mass is 179 g/mol. The molecule has 1 rings (SSSR count). The summed E-state index contributed by atoms with van der Waals surface area (Å²) in [6.07, 6.45) is 8.78. The highest BCUT2D eigenvalue weighted by Gasteiger charge is 2.25. The van der Waals surface area contributed by atoms with E-state index in [0.29, 0.717) is 17.5 Å². The Hall–Kier alpha value is -0.560. The van der Waals surface area contributed by atoms with Gasteiger partial charge in [0.25, 0.3) is 0 Å². The molecule has 0 amide bonds. The molecular weight excluding hydrogens is 158 g/mol. The van der Waals surface area contributed by atoms with Gasteiger partial charge in [0, 0.05) is 12.1 Å². The Balaban J connectivity index is 2.56. The van der Waals surface area contributed by atoms with Crippen molar-refractivity contribution >= 4 is 0 Å². The topological polar surface area (TPSA) is 12.0 Å². The van der Waals surface area contributed by atoms with Gasteiger partial charge in [0.05, 0.1) is 0 Å². The van der Waals surface area contributed by atoms with Crippen molar-refractivity contribution in [3.63, 3.8) is 0 Å². The largest absolute Gasteiger partial charge is 0.307 e. The fourth-order valence-corrected chi connectivity index (χ4v) is 1.66. The molecule has 1 heterocycles. The van der Waals surface area contributed by atoms with Gasteiger partial charge in [0.2, 0.25) is 0 Å². The number of nitrogens with one attached hydrogen (secondary N) is 1. The first-order valence-corrected chi connectivity index (χ1v) is 5.07. The Bertz CT molecular complexity index is 198. The zero-order chi connectivity index (χ0) is 9.90. The zero-order valence-corrected chi connectivity index (χ0v) is 9.01. The van der Waals surface area contributed by atoms with Gasteiger partial charge >= 0.3 is 0 Å². The van der Waals surface area contributed by atoms with Gasteiger partial charge in [-0.15, -0.1) is 6.58 Å². The van der Waals surface area contributed by atoms with Gasteiger partial charge in [-0.2, -0.15) is 0 Å². The first kappa shape index (κ1) is 10.5. The maximum Gasteiger partial charge on any atom is 0.0301 e. The van der Waals surface area contributed by atoms with Gasteiger partial charge in [0.1, 0.15) is 0 Å². The molecule has 1 aliphatic rings. The molecule has 74 valence electrons. The van der Waals surface area contributed by atoms with E-state index in [4.69, 9.17) is 0 Å². The van der Waals surface area contributed by atoms with E-state index in [9.17, 15) is 0 Å². The van der Waals surface area contributed by atoms with Crippen LogP contribution in [-0.4, -0.2) is 12.1 Å². The average molecular weight is 179 g/mol. The molecule has 0 radical (unpaired) electrons. The quantitative estimate of drug-likeness (QED) is 0.643. The Kier molecular flexibility index (Phi) is 3.32. The fraction of sp³-hybridized carbons (Fsp3) is 0.667. The number of hydrogen-bond acceptors (Lipinski definition) is 1. The summed E-state index contributed by atoms with van der Waals surface area (Å²) >= 11 is 0. The third-order valence-electron chi connectivity index (χ3n) is 2.55. The van der Waals surface area contributed by atoms with Crippen molar-refractivity contribution in [1.29, 1.82) is 0 Å². The lowest BCUT2D eigenvalue weighted by molar-refractivity contribution is 0.278. The van der Waals surface area contributed by atoms with E-state index in [1.54, 1.807) is 0 Å². The van der Waals surface area contributed by atoms with Crippen LogP contribution in [-0.2, 0) is 0 Å². The lowest BCUT2D eigenvalue weighted by atomic mass is 9.84. The molecule has 1 heteroatoms.